The summed E-state index contributed by atoms with van der Waals surface area (Å²) in [6, 6.07) is 31.4. The average Bonchev–Trinajstić information content (AvgIpc) is 3.58. The molecular weight excluding hydrogens is 801 g/mol. The molecule has 4 heteroatoms. The van der Waals surface area contributed by atoms with Crippen LogP contribution in [0.4, 0.5) is 0 Å². The van der Waals surface area contributed by atoms with Crippen LogP contribution in [0, 0.1) is 49.7 Å². The minimum atomic E-state index is -2.63. The molecule has 0 N–H and O–H groups in total. The van der Waals surface area contributed by atoms with Crippen LogP contribution in [-0.4, -0.2) is 9.97 Å². The van der Waals surface area contributed by atoms with Crippen LogP contribution in [0.5, 0.6) is 0 Å². The van der Waals surface area contributed by atoms with E-state index in [1.165, 1.54) is 30.5 Å². The second-order valence-electron chi connectivity index (χ2n) is 14.2. The largest absolute Gasteiger partial charge is 3.00 e. The summed E-state index contributed by atoms with van der Waals surface area (Å²) in [7, 11) is 0. The van der Waals surface area contributed by atoms with Gasteiger partial charge in [0.05, 0.1) is 0 Å². The fourth-order valence-electron chi connectivity index (χ4n) is 5.60. The summed E-state index contributed by atoms with van der Waals surface area (Å²) < 4.78 is 111. The summed E-state index contributed by atoms with van der Waals surface area (Å²) in [4.78, 5) is 8.10. The van der Waals surface area contributed by atoms with E-state index in [0.29, 0.717) is 39.1 Å². The van der Waals surface area contributed by atoms with E-state index in [0.717, 1.165) is 10.8 Å². The third-order valence-electron chi connectivity index (χ3n) is 7.65. The fraction of sp³-hybridized carbons (Fsp3) is 0.277. The molecular formula is C47H47IrN2O. The fourth-order valence-corrected chi connectivity index (χ4v) is 5.60. The summed E-state index contributed by atoms with van der Waals surface area (Å²) in [5, 5.41) is 1.80. The summed E-state index contributed by atoms with van der Waals surface area (Å²) in [5.74, 6) is 0. The molecule has 7 aromatic rings. The molecule has 0 unspecified atom stereocenters. The van der Waals surface area contributed by atoms with Gasteiger partial charge in [-0.05, 0) is 76.3 Å². The molecule has 0 radical (unpaired) electrons. The first-order chi connectivity index (χ1) is 28.9. The Hall–Kier alpha value is -4.37. The molecule has 260 valence electrons. The molecule has 3 aromatic heterocycles. The zero-order chi connectivity index (χ0) is 46.7. The Labute approximate surface area is 336 Å². The Morgan fingerprint density at radius 3 is 2.18 bits per heavy atom. The van der Waals surface area contributed by atoms with Crippen LogP contribution in [-0.2, 0) is 32.9 Å². The molecule has 0 bridgehead atoms. The number of pyridine rings is 2. The number of aryl methyl sites for hydroxylation is 3. The smallest absolute Gasteiger partial charge is 0.510 e. The van der Waals surface area contributed by atoms with E-state index in [-0.39, 0.29) is 53.6 Å². The van der Waals surface area contributed by atoms with Gasteiger partial charge in [-0.25, -0.2) is 5.56 Å². The first-order valence-corrected chi connectivity index (χ1v) is 16.3. The van der Waals surface area contributed by atoms with E-state index in [2.05, 4.69) is 28.3 Å². The van der Waals surface area contributed by atoms with Gasteiger partial charge in [0, 0.05) is 35.0 Å². The summed E-state index contributed by atoms with van der Waals surface area (Å²) >= 11 is 0. The topological polar surface area (TPSA) is 38.9 Å². The maximum atomic E-state index is 8.68. The molecule has 0 amide bonds. The van der Waals surface area contributed by atoms with E-state index in [4.69, 9.17) is 22.2 Å². The molecule has 0 aliphatic carbocycles. The Morgan fingerprint density at radius 2 is 1.49 bits per heavy atom. The predicted octanol–water partition coefficient (Wildman–Crippen LogP) is 12.6. The second-order valence-corrected chi connectivity index (χ2v) is 14.2. The van der Waals surface area contributed by atoms with Gasteiger partial charge in [-0.1, -0.05) is 109 Å². The first kappa shape index (κ1) is 24.0. The summed E-state index contributed by atoms with van der Waals surface area (Å²) in [6.07, 6.45) is 0.846. The maximum absolute atomic E-state index is 8.68. The van der Waals surface area contributed by atoms with E-state index in [1.807, 2.05) is 51.1 Å². The van der Waals surface area contributed by atoms with Crippen molar-refractivity contribution in [3.8, 4) is 33.5 Å². The normalized spacial score (nSPS) is 16.7. The number of aromatic nitrogens is 2. The number of para-hydroxylation sites is 1. The van der Waals surface area contributed by atoms with Crippen LogP contribution >= 0.6 is 0 Å². The third kappa shape index (κ3) is 9.30. The van der Waals surface area contributed by atoms with Gasteiger partial charge in [0.2, 0.25) is 0 Å². The average molecular weight is 861 g/mol. The number of nitrogens with zero attached hydrogens (tertiary/aromatic N) is 2. The molecule has 7 rings (SSSR count). The van der Waals surface area contributed by atoms with Gasteiger partial charge in [-0.2, -0.15) is 35.9 Å². The van der Waals surface area contributed by atoms with Crippen LogP contribution in [0.2, 0.25) is 0 Å². The molecule has 51 heavy (non-hydrogen) atoms. The quantitative estimate of drug-likeness (QED) is 0.162. The van der Waals surface area contributed by atoms with Crippen molar-refractivity contribution >= 4 is 21.9 Å². The molecule has 4 aromatic carbocycles. The number of furan rings is 1. The number of benzene rings is 4. The Bertz CT molecular complexity index is 2760. The van der Waals surface area contributed by atoms with Crippen molar-refractivity contribution in [1.82, 2.24) is 9.97 Å². The summed E-state index contributed by atoms with van der Waals surface area (Å²) in [5.41, 5.74) is 3.07. The van der Waals surface area contributed by atoms with Crippen LogP contribution < -0.4 is 0 Å². The maximum Gasteiger partial charge on any atom is 3.00 e. The van der Waals surface area contributed by atoms with Gasteiger partial charge in [0.15, 0.2) is 0 Å². The molecule has 0 atom stereocenters. The number of hydrogen-bond acceptors (Lipinski definition) is 3. The van der Waals surface area contributed by atoms with Gasteiger partial charge in [0.1, 0.15) is 5.58 Å². The molecule has 0 spiro atoms. The van der Waals surface area contributed by atoms with E-state index in [1.54, 1.807) is 57.2 Å². The SMILES string of the molecule is [2H]C([2H])([2H])c1c[c-]c(-c2[c-]ccc3c2oc2ccccc23)cc1-c1ccc(C([2H])([2H])C(C)(C)C)cc1C([2H])([2H])[2H].[2H]C([2H])([2H])c1ccc(-c2ccc(C([2H])([2H])C(C)(C)C)cn2)[c-]n1.[Ir+3]. The molecule has 3 heterocycles. The van der Waals surface area contributed by atoms with Crippen LogP contribution in [0.15, 0.2) is 102 Å². The van der Waals surface area contributed by atoms with Crippen molar-refractivity contribution < 1.29 is 42.3 Å². The molecule has 0 saturated carbocycles. The van der Waals surface area contributed by atoms with Crippen LogP contribution in [0.1, 0.15) is 87.3 Å². The van der Waals surface area contributed by atoms with E-state index >= 15 is 0 Å². The first-order valence-electron chi connectivity index (χ1n) is 22.8. The van der Waals surface area contributed by atoms with Crippen LogP contribution in [0.3, 0.4) is 0 Å². The zero-order valence-corrected chi connectivity index (χ0v) is 31.8. The second kappa shape index (κ2) is 15.5. The number of rotatable bonds is 5. The van der Waals surface area contributed by atoms with Gasteiger partial charge in [-0.15, -0.1) is 34.9 Å². The molecule has 0 saturated heterocycles. The zero-order valence-electron chi connectivity index (χ0n) is 42.4. The van der Waals surface area contributed by atoms with Crippen molar-refractivity contribution in [3.05, 3.63) is 143 Å². The minimum Gasteiger partial charge on any atom is -0.510 e. The van der Waals surface area contributed by atoms with Crippen molar-refractivity contribution in [2.24, 2.45) is 10.8 Å². The third-order valence-corrected chi connectivity index (χ3v) is 7.65. The van der Waals surface area contributed by atoms with Crippen LogP contribution in [0.25, 0.3) is 55.4 Å². The van der Waals surface area contributed by atoms with Crippen molar-refractivity contribution in [2.75, 3.05) is 0 Å². The van der Waals surface area contributed by atoms with Crippen molar-refractivity contribution in [2.45, 2.75) is 74.8 Å². The molecule has 0 aliphatic rings. The monoisotopic (exact) mass is 861 g/mol. The van der Waals surface area contributed by atoms with E-state index in [9.17, 15) is 0 Å². The Kier molecular flexibility index (Phi) is 7.28. The van der Waals surface area contributed by atoms with Crippen molar-refractivity contribution in [1.29, 1.82) is 0 Å². The number of hydrogen-bond donors (Lipinski definition) is 0. The standard InChI is InChI=1S/C31H28O.C16H19N2.Ir/c1-20-13-15-23(18-28(20)24-16-14-22(17-21(24)2)19-31(3,4)5)25-10-8-11-27-26-9-6-7-12-29(26)32-30(25)27;1-12-5-7-14(11-17-12)15-8-6-13(10-18-15)9-16(2,3)4;/h6-9,11-14,16-18H,19H2,1-5H3;5-8,10H,9H2,1-4H3;/q-2;-1;+3/i1D3,2D3,19D2;1D3,9D2;. The van der Waals surface area contributed by atoms with Gasteiger partial charge < -0.3 is 14.4 Å². The summed E-state index contributed by atoms with van der Waals surface area (Å²) in [6.45, 7) is 3.32. The predicted molar refractivity (Wildman–Crippen MR) is 209 cm³/mol. The Morgan fingerprint density at radius 1 is 0.725 bits per heavy atom. The van der Waals surface area contributed by atoms with Crippen molar-refractivity contribution in [3.63, 3.8) is 0 Å². The molecule has 0 aliphatic heterocycles. The minimum absolute atomic E-state index is 0. The molecule has 0 fully saturated rings. The molecule has 3 nitrogen and oxygen atoms in total. The Balaban J connectivity index is 0.000000274. The number of fused-ring (bicyclic) bond motifs is 3. The van der Waals surface area contributed by atoms with Gasteiger partial charge >= 0.3 is 20.1 Å². The van der Waals surface area contributed by atoms with Gasteiger partial charge in [0.25, 0.3) is 0 Å². The van der Waals surface area contributed by atoms with E-state index < -0.39 is 44.1 Å². The van der Waals surface area contributed by atoms with Gasteiger partial charge in [-0.3, -0.25) is 0 Å².